The predicted molar refractivity (Wildman–Crippen MR) is 130 cm³/mol. The van der Waals surface area contributed by atoms with Crippen LogP contribution in [0.3, 0.4) is 0 Å². The van der Waals surface area contributed by atoms with Crippen LogP contribution in [-0.4, -0.2) is 29.2 Å². The van der Waals surface area contributed by atoms with Gasteiger partial charge < -0.3 is 19.4 Å². The van der Waals surface area contributed by atoms with Gasteiger partial charge in [0.1, 0.15) is 23.9 Å². The fourth-order valence-corrected chi connectivity index (χ4v) is 3.94. The van der Waals surface area contributed by atoms with Crippen LogP contribution in [0.25, 0.3) is 11.0 Å². The van der Waals surface area contributed by atoms with E-state index in [4.69, 9.17) is 26.1 Å². The molecule has 0 spiro atoms. The predicted octanol–water partition coefficient (Wildman–Crippen LogP) is 5.20. The van der Waals surface area contributed by atoms with Gasteiger partial charge in [-0.25, -0.2) is 4.98 Å². The molecule has 4 rings (SSSR count). The van der Waals surface area contributed by atoms with E-state index >= 15 is 0 Å². The second-order valence-corrected chi connectivity index (χ2v) is 8.11. The fraction of sp³-hybridized carbons (Fsp3) is 0.231. The molecule has 1 N–H and O–H groups in total. The van der Waals surface area contributed by atoms with E-state index in [0.29, 0.717) is 23.9 Å². The molecule has 1 heterocycles. The molecular formula is C26H26ClN3O3. The molecule has 4 aromatic rings. The molecule has 170 valence electrons. The monoisotopic (exact) mass is 463 g/mol. The van der Waals surface area contributed by atoms with E-state index in [1.54, 1.807) is 13.2 Å². The lowest BCUT2D eigenvalue weighted by atomic mass is 10.1. The van der Waals surface area contributed by atoms with Crippen LogP contribution in [0.2, 0.25) is 5.02 Å². The quantitative estimate of drug-likeness (QED) is 0.370. The summed E-state index contributed by atoms with van der Waals surface area (Å²) in [6.45, 7) is 2.93. The molecule has 1 atom stereocenters. The van der Waals surface area contributed by atoms with Gasteiger partial charge in [0.2, 0.25) is 5.91 Å². The Morgan fingerprint density at radius 3 is 2.55 bits per heavy atom. The molecule has 1 aromatic heterocycles. The molecule has 33 heavy (non-hydrogen) atoms. The molecule has 6 nitrogen and oxygen atoms in total. The average molecular weight is 464 g/mol. The number of rotatable bonds is 9. The van der Waals surface area contributed by atoms with Gasteiger partial charge >= 0.3 is 0 Å². The number of hydrogen-bond donors (Lipinski definition) is 1. The highest BCUT2D eigenvalue weighted by molar-refractivity contribution is 6.32. The molecule has 0 saturated carbocycles. The molecule has 0 aliphatic carbocycles. The van der Waals surface area contributed by atoms with Crippen LogP contribution in [0.15, 0.2) is 72.8 Å². The number of hydrogen-bond acceptors (Lipinski definition) is 4. The van der Waals surface area contributed by atoms with Crippen molar-refractivity contribution in [3.63, 3.8) is 0 Å². The van der Waals surface area contributed by atoms with E-state index < -0.39 is 0 Å². The Bertz CT molecular complexity index is 1240. The molecule has 0 aliphatic heterocycles. The SMILES string of the molecule is COc1ccc(CC(=O)NC(C)c2nc3ccccc3n2CCOc2ccccc2Cl)cc1. The lowest BCUT2D eigenvalue weighted by Crippen LogP contribution is -2.30. The second-order valence-electron chi connectivity index (χ2n) is 7.70. The van der Waals surface area contributed by atoms with Gasteiger partial charge in [-0.1, -0.05) is 48.0 Å². The number of imidazole rings is 1. The number of carbonyl (C=O) groups is 1. The summed E-state index contributed by atoms with van der Waals surface area (Å²) < 4.78 is 13.2. The number of nitrogens with one attached hydrogen (secondary N) is 1. The normalized spacial score (nSPS) is 11.8. The lowest BCUT2D eigenvalue weighted by molar-refractivity contribution is -0.121. The van der Waals surface area contributed by atoms with E-state index in [2.05, 4.69) is 9.88 Å². The summed E-state index contributed by atoms with van der Waals surface area (Å²) in [6, 6.07) is 22.5. The first-order valence-corrected chi connectivity index (χ1v) is 11.2. The van der Waals surface area contributed by atoms with Crippen molar-refractivity contribution in [3.8, 4) is 11.5 Å². The second kappa shape index (κ2) is 10.4. The van der Waals surface area contributed by atoms with E-state index in [0.717, 1.165) is 28.2 Å². The van der Waals surface area contributed by atoms with Crippen molar-refractivity contribution in [2.24, 2.45) is 0 Å². The van der Waals surface area contributed by atoms with Crippen LogP contribution < -0.4 is 14.8 Å². The highest BCUT2D eigenvalue weighted by atomic mass is 35.5. The molecule has 3 aromatic carbocycles. The molecule has 1 amide bonds. The highest BCUT2D eigenvalue weighted by Gasteiger charge is 2.19. The largest absolute Gasteiger partial charge is 0.497 e. The number of benzene rings is 3. The molecule has 0 bridgehead atoms. The van der Waals surface area contributed by atoms with Gasteiger partial charge in [-0.3, -0.25) is 4.79 Å². The molecule has 0 fully saturated rings. The standard InChI is InChI=1S/C26H26ClN3O3/c1-18(28-25(31)17-19-11-13-20(32-2)14-12-19)26-29-22-8-4-5-9-23(22)30(26)15-16-33-24-10-6-3-7-21(24)27/h3-14,18H,15-17H2,1-2H3,(H,28,31). The van der Waals surface area contributed by atoms with Crippen molar-refractivity contribution in [3.05, 3.63) is 89.2 Å². The Morgan fingerprint density at radius 1 is 1.06 bits per heavy atom. The Hall–Kier alpha value is -3.51. The smallest absolute Gasteiger partial charge is 0.224 e. The third-order valence-corrected chi connectivity index (χ3v) is 5.69. The van der Waals surface area contributed by atoms with Crippen molar-refractivity contribution < 1.29 is 14.3 Å². The van der Waals surface area contributed by atoms with Gasteiger partial charge in [-0.2, -0.15) is 0 Å². The first kappa shape index (κ1) is 22.7. The number of halogens is 1. The molecule has 1 unspecified atom stereocenters. The van der Waals surface area contributed by atoms with Gasteiger partial charge in [0.15, 0.2) is 0 Å². The zero-order valence-electron chi connectivity index (χ0n) is 18.6. The summed E-state index contributed by atoms with van der Waals surface area (Å²) in [4.78, 5) is 17.5. The van der Waals surface area contributed by atoms with E-state index in [-0.39, 0.29) is 18.4 Å². The summed E-state index contributed by atoms with van der Waals surface area (Å²) >= 11 is 6.20. The number of methoxy groups -OCH3 is 1. The van der Waals surface area contributed by atoms with E-state index in [1.807, 2.05) is 73.7 Å². The van der Waals surface area contributed by atoms with Crippen molar-refractivity contribution in [1.82, 2.24) is 14.9 Å². The maximum absolute atomic E-state index is 12.7. The summed E-state index contributed by atoms with van der Waals surface area (Å²) in [5, 5.41) is 3.65. The van der Waals surface area contributed by atoms with Crippen molar-refractivity contribution in [2.75, 3.05) is 13.7 Å². The van der Waals surface area contributed by atoms with Crippen LogP contribution in [0, 0.1) is 0 Å². The summed E-state index contributed by atoms with van der Waals surface area (Å²) in [7, 11) is 1.62. The number of amides is 1. The minimum absolute atomic E-state index is 0.0707. The number of para-hydroxylation sites is 3. The van der Waals surface area contributed by atoms with Gasteiger partial charge in [-0.05, 0) is 48.9 Å². The van der Waals surface area contributed by atoms with Gasteiger partial charge in [0.05, 0.1) is 42.2 Å². The molecular weight excluding hydrogens is 438 g/mol. The fourth-order valence-electron chi connectivity index (χ4n) is 3.75. The number of carbonyl (C=O) groups excluding carboxylic acids is 1. The maximum Gasteiger partial charge on any atom is 0.224 e. The van der Waals surface area contributed by atoms with Crippen LogP contribution >= 0.6 is 11.6 Å². The van der Waals surface area contributed by atoms with Crippen molar-refractivity contribution in [1.29, 1.82) is 0 Å². The van der Waals surface area contributed by atoms with Crippen LogP contribution in [0.1, 0.15) is 24.4 Å². The average Bonchev–Trinajstić information content (AvgIpc) is 3.19. The number of ether oxygens (including phenoxy) is 2. The van der Waals surface area contributed by atoms with Crippen molar-refractivity contribution in [2.45, 2.75) is 25.9 Å². The van der Waals surface area contributed by atoms with Crippen LogP contribution in [0.5, 0.6) is 11.5 Å². The number of aromatic nitrogens is 2. The zero-order valence-corrected chi connectivity index (χ0v) is 19.4. The van der Waals surface area contributed by atoms with E-state index in [9.17, 15) is 4.79 Å². The molecule has 7 heteroatoms. The Kier molecular flexibility index (Phi) is 7.15. The van der Waals surface area contributed by atoms with Gasteiger partial charge in [0, 0.05) is 0 Å². The lowest BCUT2D eigenvalue weighted by Gasteiger charge is -2.17. The summed E-state index contributed by atoms with van der Waals surface area (Å²) in [5.41, 5.74) is 2.79. The van der Waals surface area contributed by atoms with Crippen LogP contribution in [-0.2, 0) is 17.8 Å². The first-order valence-electron chi connectivity index (χ1n) is 10.8. The number of nitrogens with zero attached hydrogens (tertiary/aromatic N) is 2. The first-order chi connectivity index (χ1) is 16.0. The van der Waals surface area contributed by atoms with Crippen molar-refractivity contribution >= 4 is 28.5 Å². The molecule has 0 radical (unpaired) electrons. The highest BCUT2D eigenvalue weighted by Crippen LogP contribution is 2.24. The number of fused-ring (bicyclic) bond motifs is 1. The minimum atomic E-state index is -0.275. The summed E-state index contributed by atoms with van der Waals surface area (Å²) in [5.74, 6) is 2.12. The maximum atomic E-state index is 12.7. The van der Waals surface area contributed by atoms with Gasteiger partial charge in [0.25, 0.3) is 0 Å². The molecule has 0 saturated heterocycles. The minimum Gasteiger partial charge on any atom is -0.497 e. The Labute approximate surface area is 198 Å². The van der Waals surface area contributed by atoms with E-state index in [1.165, 1.54) is 0 Å². The third kappa shape index (κ3) is 5.46. The topological polar surface area (TPSA) is 65.4 Å². The van der Waals surface area contributed by atoms with Crippen LogP contribution in [0.4, 0.5) is 0 Å². The Morgan fingerprint density at radius 2 is 1.79 bits per heavy atom. The van der Waals surface area contributed by atoms with Gasteiger partial charge in [-0.15, -0.1) is 0 Å². The molecule has 0 aliphatic rings. The Balaban J connectivity index is 1.47. The zero-order chi connectivity index (χ0) is 23.2. The third-order valence-electron chi connectivity index (χ3n) is 5.38. The summed E-state index contributed by atoms with van der Waals surface area (Å²) in [6.07, 6.45) is 0.282.